The number of piperazine rings is 1. The third kappa shape index (κ3) is 4.78. The van der Waals surface area contributed by atoms with Gasteiger partial charge in [0.15, 0.2) is 0 Å². The molecule has 4 heterocycles. The minimum atomic E-state index is -0.0153. The first-order chi connectivity index (χ1) is 15.9. The maximum absolute atomic E-state index is 13.1. The summed E-state index contributed by atoms with van der Waals surface area (Å²) in [6.45, 7) is 8.25. The lowest BCUT2D eigenvalue weighted by molar-refractivity contribution is 0.407. The first kappa shape index (κ1) is 24.9. The predicted molar refractivity (Wildman–Crippen MR) is 143 cm³/mol. The summed E-state index contributed by atoms with van der Waals surface area (Å²) in [6, 6.07) is 5.10. The summed E-state index contributed by atoms with van der Waals surface area (Å²) in [5.41, 5.74) is 2.65. The summed E-state index contributed by atoms with van der Waals surface area (Å²) < 4.78 is 2.45. The molecule has 10 heteroatoms. The van der Waals surface area contributed by atoms with Crippen molar-refractivity contribution in [2.24, 2.45) is 0 Å². The minimum absolute atomic E-state index is 0. The number of hydrogen-bond donors (Lipinski definition) is 2. The molecule has 3 aromatic rings. The highest BCUT2D eigenvalue weighted by Gasteiger charge is 2.24. The van der Waals surface area contributed by atoms with Crippen LogP contribution in [-0.4, -0.2) is 44.7 Å². The van der Waals surface area contributed by atoms with Crippen LogP contribution in [0.25, 0.3) is 11.0 Å². The standard InChI is InChI=1S/C24H30BrN7O.ClH/c1-14-12-31(13-15(2)28-14)18-8-9-20(26-10-18)29-24-27-11-19-16(3)21(25)23(33)32(22(19)30-24)17-6-4-5-7-17;/h8-11,14-15,17,28H,4-7,12-13H2,1-3H3,(H,26,27,29,30);1H. The molecule has 2 N–H and O–H groups in total. The number of halogens is 2. The van der Waals surface area contributed by atoms with E-state index in [1.165, 1.54) is 0 Å². The van der Waals surface area contributed by atoms with Crippen molar-refractivity contribution in [2.45, 2.75) is 64.6 Å². The fraction of sp³-hybridized carbons (Fsp3) is 0.500. The Kier molecular flexibility index (Phi) is 7.45. The zero-order valence-electron chi connectivity index (χ0n) is 19.7. The van der Waals surface area contributed by atoms with E-state index in [9.17, 15) is 4.79 Å². The number of aromatic nitrogens is 4. The van der Waals surface area contributed by atoms with Gasteiger partial charge in [-0.3, -0.25) is 9.36 Å². The Morgan fingerprint density at radius 2 is 1.79 bits per heavy atom. The van der Waals surface area contributed by atoms with Crippen molar-refractivity contribution in [1.29, 1.82) is 0 Å². The molecular formula is C24H31BrClN7O. The molecular weight excluding hydrogens is 518 g/mol. The third-order valence-corrected chi connectivity index (χ3v) is 7.67. The molecule has 1 saturated carbocycles. The molecule has 5 rings (SSSR count). The average Bonchev–Trinajstić information content (AvgIpc) is 3.32. The van der Waals surface area contributed by atoms with Crippen LogP contribution in [-0.2, 0) is 0 Å². The van der Waals surface area contributed by atoms with Crippen molar-refractivity contribution in [3.05, 3.63) is 44.9 Å². The van der Waals surface area contributed by atoms with Crippen LogP contribution in [0.4, 0.5) is 17.5 Å². The largest absolute Gasteiger partial charge is 0.367 e. The van der Waals surface area contributed by atoms with Crippen LogP contribution in [0, 0.1) is 6.92 Å². The SMILES string of the molecule is Cc1c(Br)c(=O)n(C2CCCC2)c2nc(Nc3ccc(N4CC(C)NC(C)C4)cn3)ncc12.Cl. The van der Waals surface area contributed by atoms with E-state index in [1.807, 2.05) is 23.8 Å². The molecule has 8 nitrogen and oxygen atoms in total. The van der Waals surface area contributed by atoms with Gasteiger partial charge in [0.2, 0.25) is 5.95 Å². The monoisotopic (exact) mass is 547 g/mol. The van der Waals surface area contributed by atoms with E-state index in [0.717, 1.165) is 55.4 Å². The smallest absolute Gasteiger partial charge is 0.267 e. The zero-order chi connectivity index (χ0) is 23.1. The molecule has 1 aliphatic carbocycles. The Hall–Kier alpha value is -2.23. The van der Waals surface area contributed by atoms with Crippen LogP contribution >= 0.6 is 28.3 Å². The van der Waals surface area contributed by atoms with Crippen molar-refractivity contribution >= 4 is 56.8 Å². The third-order valence-electron chi connectivity index (χ3n) is 6.74. The van der Waals surface area contributed by atoms with Gasteiger partial charge in [0, 0.05) is 42.8 Å². The molecule has 3 aromatic heterocycles. The lowest BCUT2D eigenvalue weighted by atomic mass is 10.1. The van der Waals surface area contributed by atoms with E-state index in [0.29, 0.717) is 34.0 Å². The molecule has 0 spiro atoms. The number of aryl methyl sites for hydroxylation is 1. The van der Waals surface area contributed by atoms with E-state index in [-0.39, 0.29) is 24.0 Å². The van der Waals surface area contributed by atoms with Crippen LogP contribution in [0.5, 0.6) is 0 Å². The summed E-state index contributed by atoms with van der Waals surface area (Å²) >= 11 is 3.49. The van der Waals surface area contributed by atoms with Gasteiger partial charge in [0.1, 0.15) is 11.5 Å². The molecule has 2 unspecified atom stereocenters. The highest BCUT2D eigenvalue weighted by Crippen LogP contribution is 2.32. The van der Waals surface area contributed by atoms with E-state index in [2.05, 4.69) is 61.3 Å². The molecule has 0 aromatic carbocycles. The Bertz CT molecular complexity index is 1220. The second-order valence-electron chi connectivity index (χ2n) is 9.38. The number of nitrogens with zero attached hydrogens (tertiary/aromatic N) is 5. The molecule has 1 saturated heterocycles. The van der Waals surface area contributed by atoms with Gasteiger partial charge in [-0.2, -0.15) is 4.98 Å². The van der Waals surface area contributed by atoms with Crippen molar-refractivity contribution in [3.63, 3.8) is 0 Å². The molecule has 2 fully saturated rings. The van der Waals surface area contributed by atoms with Gasteiger partial charge in [0.05, 0.1) is 16.4 Å². The number of rotatable bonds is 4. The Morgan fingerprint density at radius 3 is 2.44 bits per heavy atom. The highest BCUT2D eigenvalue weighted by molar-refractivity contribution is 9.10. The fourth-order valence-electron chi connectivity index (χ4n) is 5.16. The van der Waals surface area contributed by atoms with Gasteiger partial charge in [-0.1, -0.05) is 12.8 Å². The van der Waals surface area contributed by atoms with Gasteiger partial charge in [-0.05, 0) is 67.2 Å². The van der Waals surface area contributed by atoms with Crippen molar-refractivity contribution in [1.82, 2.24) is 24.8 Å². The van der Waals surface area contributed by atoms with Crippen molar-refractivity contribution in [2.75, 3.05) is 23.3 Å². The van der Waals surface area contributed by atoms with Gasteiger partial charge in [-0.15, -0.1) is 12.4 Å². The van der Waals surface area contributed by atoms with E-state index >= 15 is 0 Å². The van der Waals surface area contributed by atoms with Crippen LogP contribution in [0.2, 0.25) is 0 Å². The van der Waals surface area contributed by atoms with Gasteiger partial charge in [0.25, 0.3) is 5.56 Å². The van der Waals surface area contributed by atoms with Gasteiger partial charge in [-0.25, -0.2) is 9.97 Å². The number of fused-ring (bicyclic) bond motifs is 1. The van der Waals surface area contributed by atoms with Gasteiger partial charge < -0.3 is 15.5 Å². The van der Waals surface area contributed by atoms with Crippen LogP contribution in [0.15, 0.2) is 33.8 Å². The lowest BCUT2D eigenvalue weighted by Crippen LogP contribution is -2.54. The molecule has 0 radical (unpaired) electrons. The zero-order valence-corrected chi connectivity index (χ0v) is 22.1. The number of nitrogens with one attached hydrogen (secondary N) is 2. The Balaban J connectivity index is 0.00000274. The van der Waals surface area contributed by atoms with E-state index in [4.69, 9.17) is 4.98 Å². The summed E-state index contributed by atoms with van der Waals surface area (Å²) in [5.74, 6) is 1.12. The summed E-state index contributed by atoms with van der Waals surface area (Å²) in [5, 5.41) is 7.67. The summed E-state index contributed by atoms with van der Waals surface area (Å²) in [7, 11) is 0. The number of anilines is 3. The summed E-state index contributed by atoms with van der Waals surface area (Å²) in [4.78, 5) is 29.4. The number of pyridine rings is 2. The topological polar surface area (TPSA) is 88.0 Å². The maximum atomic E-state index is 13.1. The molecule has 0 bridgehead atoms. The minimum Gasteiger partial charge on any atom is -0.367 e. The number of hydrogen-bond acceptors (Lipinski definition) is 7. The second kappa shape index (κ2) is 10.2. The first-order valence-corrected chi connectivity index (χ1v) is 12.5. The summed E-state index contributed by atoms with van der Waals surface area (Å²) in [6.07, 6.45) is 7.98. The Labute approximate surface area is 214 Å². The van der Waals surface area contributed by atoms with Crippen LogP contribution in [0.3, 0.4) is 0 Å². The van der Waals surface area contributed by atoms with Gasteiger partial charge >= 0.3 is 0 Å². The Morgan fingerprint density at radius 1 is 1.09 bits per heavy atom. The van der Waals surface area contributed by atoms with E-state index in [1.54, 1.807) is 6.20 Å². The maximum Gasteiger partial charge on any atom is 0.267 e. The molecule has 2 aliphatic rings. The quantitative estimate of drug-likeness (QED) is 0.487. The molecule has 34 heavy (non-hydrogen) atoms. The van der Waals surface area contributed by atoms with E-state index < -0.39 is 0 Å². The predicted octanol–water partition coefficient (Wildman–Crippen LogP) is 4.72. The van der Waals surface area contributed by atoms with Crippen LogP contribution < -0.4 is 21.1 Å². The molecule has 0 amide bonds. The lowest BCUT2D eigenvalue weighted by Gasteiger charge is -2.37. The first-order valence-electron chi connectivity index (χ1n) is 11.7. The van der Waals surface area contributed by atoms with Crippen molar-refractivity contribution in [3.8, 4) is 0 Å². The fourth-order valence-corrected chi connectivity index (χ4v) is 5.57. The van der Waals surface area contributed by atoms with Crippen molar-refractivity contribution < 1.29 is 0 Å². The molecule has 2 atom stereocenters. The second-order valence-corrected chi connectivity index (χ2v) is 10.2. The van der Waals surface area contributed by atoms with Crippen LogP contribution in [0.1, 0.15) is 51.1 Å². The molecule has 182 valence electrons. The highest BCUT2D eigenvalue weighted by atomic mass is 79.9. The average molecular weight is 549 g/mol. The molecule has 1 aliphatic heterocycles. The normalized spacial score (nSPS) is 21.0.